The molecule has 0 nitrogen and oxygen atoms in total. The van der Waals surface area contributed by atoms with Gasteiger partial charge in [-0.25, -0.2) is 0 Å². The van der Waals surface area contributed by atoms with Gasteiger partial charge in [-0.15, -0.1) is 0 Å². The van der Waals surface area contributed by atoms with Crippen molar-refractivity contribution < 1.29 is 0 Å². The van der Waals surface area contributed by atoms with Gasteiger partial charge >= 0.3 is 0 Å². The van der Waals surface area contributed by atoms with E-state index in [1.165, 1.54) is 12.8 Å². The molecule has 0 saturated carbocycles. The highest BCUT2D eigenvalue weighted by Gasteiger charge is 1.90. The summed E-state index contributed by atoms with van der Waals surface area (Å²) in [5, 5.41) is 0. The van der Waals surface area contributed by atoms with E-state index in [2.05, 4.69) is 32.6 Å². The lowest BCUT2D eigenvalue weighted by molar-refractivity contribution is 0.860. The molecule has 0 atom stereocenters. The first-order valence-corrected chi connectivity index (χ1v) is 4.23. The largest absolute Gasteiger partial charge is 0.179 e. The van der Waals surface area contributed by atoms with E-state index in [-0.39, 0.29) is 0 Å². The second-order valence-corrected chi connectivity index (χ2v) is 2.62. The molecule has 9 heavy (non-hydrogen) atoms. The molecule has 0 unspecified atom stereocenters. The molecule has 0 bridgehead atoms. The van der Waals surface area contributed by atoms with Crippen molar-refractivity contribution in [3.05, 3.63) is 11.6 Å². The van der Waals surface area contributed by atoms with Gasteiger partial charge in [0.2, 0.25) is 0 Å². The Kier molecular flexibility index (Phi) is 6.28. The Labute approximate surface area is 63.8 Å². The minimum Gasteiger partial charge on any atom is -0.179 e. The Morgan fingerprint density at radius 3 is 2.44 bits per heavy atom. The second-order valence-electron chi connectivity index (χ2n) is 2.17. The molecule has 0 aromatic carbocycles. The molecule has 0 aliphatic carbocycles. The Morgan fingerprint density at radius 2 is 2.11 bits per heavy atom. The number of hydrogen-bond donors (Lipinski definition) is 1. The Hall–Kier alpha value is 0.0900. The number of hydrogen-bond acceptors (Lipinski definition) is 1. The molecule has 0 aliphatic rings. The maximum atomic E-state index is 4.17. The zero-order valence-corrected chi connectivity index (χ0v) is 7.25. The van der Waals surface area contributed by atoms with Crippen LogP contribution >= 0.6 is 12.6 Å². The molecule has 54 valence electrons. The first-order valence-electron chi connectivity index (χ1n) is 3.60. The summed E-state index contributed by atoms with van der Waals surface area (Å²) in [6.45, 7) is 4.32. The third kappa shape index (κ3) is 4.58. The van der Waals surface area contributed by atoms with E-state index >= 15 is 0 Å². The first kappa shape index (κ1) is 9.09. The Morgan fingerprint density at radius 1 is 1.44 bits per heavy atom. The lowest BCUT2D eigenvalue weighted by atomic mass is 10.1. The van der Waals surface area contributed by atoms with Gasteiger partial charge in [0, 0.05) is 0 Å². The van der Waals surface area contributed by atoms with E-state index in [0.29, 0.717) is 0 Å². The smallest absolute Gasteiger partial charge is 0.00606 e. The van der Waals surface area contributed by atoms with Gasteiger partial charge in [0.15, 0.2) is 0 Å². The van der Waals surface area contributed by atoms with Gasteiger partial charge in [-0.1, -0.05) is 25.0 Å². The summed E-state index contributed by atoms with van der Waals surface area (Å²) in [5.41, 5.74) is 1.55. The number of thiol groups is 1. The normalized spacial score (nSPS) is 12.1. The van der Waals surface area contributed by atoms with Crippen molar-refractivity contribution in [3.8, 4) is 0 Å². The fourth-order valence-electron chi connectivity index (χ4n) is 0.878. The van der Waals surface area contributed by atoms with Crippen molar-refractivity contribution in [1.82, 2.24) is 0 Å². The number of allylic oxidation sites excluding steroid dienone is 2. The first-order chi connectivity index (χ1) is 4.35. The van der Waals surface area contributed by atoms with Crippen LogP contribution in [-0.4, -0.2) is 5.75 Å². The molecule has 0 fully saturated rings. The van der Waals surface area contributed by atoms with Crippen molar-refractivity contribution in [2.75, 3.05) is 5.75 Å². The van der Waals surface area contributed by atoms with E-state index in [9.17, 15) is 0 Å². The van der Waals surface area contributed by atoms with Gasteiger partial charge in [0.05, 0.1) is 0 Å². The van der Waals surface area contributed by atoms with E-state index in [1.54, 1.807) is 5.57 Å². The summed E-state index contributed by atoms with van der Waals surface area (Å²) in [7, 11) is 0. The Balaban J connectivity index is 3.43. The fraction of sp³-hybridized carbons (Fsp3) is 0.750. The predicted molar refractivity (Wildman–Crippen MR) is 47.1 cm³/mol. The van der Waals surface area contributed by atoms with Crippen LogP contribution in [0.25, 0.3) is 0 Å². The van der Waals surface area contributed by atoms with E-state index in [4.69, 9.17) is 0 Å². The fourth-order valence-corrected chi connectivity index (χ4v) is 1.17. The number of rotatable bonds is 4. The summed E-state index contributed by atoms with van der Waals surface area (Å²) in [6, 6.07) is 0. The van der Waals surface area contributed by atoms with Crippen LogP contribution in [-0.2, 0) is 0 Å². The molecule has 0 N–H and O–H groups in total. The van der Waals surface area contributed by atoms with Crippen molar-refractivity contribution in [2.24, 2.45) is 0 Å². The topological polar surface area (TPSA) is 0 Å². The third-order valence-electron chi connectivity index (χ3n) is 1.41. The van der Waals surface area contributed by atoms with Crippen LogP contribution in [0, 0.1) is 0 Å². The minimum atomic E-state index is 0.986. The summed E-state index contributed by atoms with van der Waals surface area (Å²) < 4.78 is 0. The molecule has 0 heterocycles. The molecule has 0 aliphatic heterocycles. The maximum absolute atomic E-state index is 4.17. The van der Waals surface area contributed by atoms with Crippen molar-refractivity contribution in [3.63, 3.8) is 0 Å². The average molecular weight is 144 g/mol. The van der Waals surface area contributed by atoms with Crippen molar-refractivity contribution >= 4 is 12.6 Å². The molecule has 0 amide bonds. The van der Waals surface area contributed by atoms with Crippen LogP contribution in [0.2, 0.25) is 0 Å². The van der Waals surface area contributed by atoms with Crippen LogP contribution in [0.1, 0.15) is 33.1 Å². The predicted octanol–water partition coefficient (Wildman–Crippen LogP) is 3.05. The van der Waals surface area contributed by atoms with Gasteiger partial charge in [-0.05, 0) is 25.5 Å². The van der Waals surface area contributed by atoms with Gasteiger partial charge < -0.3 is 0 Å². The standard InChI is InChI=1S/C8H16S/c1-3-5-8(4-2)6-7-9/h4,9H,3,5-7H2,1-2H3/b8-4+. The molecule has 0 aromatic rings. The highest BCUT2D eigenvalue weighted by atomic mass is 32.1. The summed E-state index contributed by atoms with van der Waals surface area (Å²) in [6.07, 6.45) is 5.87. The lowest BCUT2D eigenvalue weighted by Gasteiger charge is -2.00. The molecule has 1 heteroatoms. The van der Waals surface area contributed by atoms with Crippen LogP contribution in [0.5, 0.6) is 0 Å². The van der Waals surface area contributed by atoms with Crippen LogP contribution in [0.4, 0.5) is 0 Å². The van der Waals surface area contributed by atoms with E-state index in [1.807, 2.05) is 0 Å². The van der Waals surface area contributed by atoms with Gasteiger partial charge in [0.25, 0.3) is 0 Å². The average Bonchev–Trinajstić information content (AvgIpc) is 1.88. The summed E-state index contributed by atoms with van der Waals surface area (Å²) in [5.74, 6) is 0.986. The summed E-state index contributed by atoms with van der Waals surface area (Å²) >= 11 is 4.17. The van der Waals surface area contributed by atoms with Crippen molar-refractivity contribution in [1.29, 1.82) is 0 Å². The maximum Gasteiger partial charge on any atom is -0.00606 e. The van der Waals surface area contributed by atoms with Crippen LogP contribution in [0.3, 0.4) is 0 Å². The highest BCUT2D eigenvalue weighted by Crippen LogP contribution is 2.09. The van der Waals surface area contributed by atoms with Crippen LogP contribution < -0.4 is 0 Å². The molecule has 0 aromatic heterocycles. The zero-order chi connectivity index (χ0) is 7.11. The van der Waals surface area contributed by atoms with E-state index < -0.39 is 0 Å². The molecule has 0 radical (unpaired) electrons. The molecule has 0 rings (SSSR count). The quantitative estimate of drug-likeness (QED) is 0.455. The highest BCUT2D eigenvalue weighted by molar-refractivity contribution is 7.80. The molecular formula is C8H16S. The summed E-state index contributed by atoms with van der Waals surface area (Å²) in [4.78, 5) is 0. The Bertz CT molecular complexity index is 76.6. The molecular weight excluding hydrogens is 128 g/mol. The SMILES string of the molecule is C/C=C(\CCC)CCS. The van der Waals surface area contributed by atoms with Gasteiger partial charge in [0.1, 0.15) is 0 Å². The van der Waals surface area contributed by atoms with Gasteiger partial charge in [-0.3, -0.25) is 0 Å². The minimum absolute atomic E-state index is 0.986. The zero-order valence-electron chi connectivity index (χ0n) is 6.35. The molecule has 0 saturated heterocycles. The second kappa shape index (κ2) is 6.21. The third-order valence-corrected chi connectivity index (χ3v) is 1.64. The lowest BCUT2D eigenvalue weighted by Crippen LogP contribution is -1.83. The van der Waals surface area contributed by atoms with Crippen molar-refractivity contribution in [2.45, 2.75) is 33.1 Å². The van der Waals surface area contributed by atoms with Crippen LogP contribution in [0.15, 0.2) is 11.6 Å². The monoisotopic (exact) mass is 144 g/mol. The van der Waals surface area contributed by atoms with Gasteiger partial charge in [-0.2, -0.15) is 12.6 Å². The van der Waals surface area contributed by atoms with E-state index in [0.717, 1.165) is 12.2 Å². The molecule has 0 spiro atoms.